The van der Waals surface area contributed by atoms with Crippen molar-refractivity contribution in [1.29, 1.82) is 0 Å². The number of halogens is 3. The normalized spacial score (nSPS) is 31.2. The second-order valence-electron chi connectivity index (χ2n) is 10.8. The maximum absolute atomic E-state index is 13.5. The van der Waals surface area contributed by atoms with E-state index in [9.17, 15) is 40.8 Å². The van der Waals surface area contributed by atoms with Gasteiger partial charge in [-0.05, 0) is 31.6 Å². The lowest BCUT2D eigenvalue weighted by atomic mass is 9.78. The van der Waals surface area contributed by atoms with Gasteiger partial charge in [0.2, 0.25) is 0 Å². The topological polar surface area (TPSA) is 169 Å². The molecule has 3 aliphatic heterocycles. The fourth-order valence-electron chi connectivity index (χ4n) is 5.87. The first kappa shape index (κ1) is 30.5. The van der Waals surface area contributed by atoms with Crippen LogP contribution in [-0.4, -0.2) is 84.9 Å². The molecule has 226 valence electrons. The van der Waals surface area contributed by atoms with Crippen LogP contribution >= 0.6 is 0 Å². The van der Waals surface area contributed by atoms with Gasteiger partial charge in [-0.25, -0.2) is 4.39 Å². The van der Waals surface area contributed by atoms with E-state index in [1.54, 1.807) is 0 Å². The van der Waals surface area contributed by atoms with E-state index in [4.69, 9.17) is 23.5 Å². The van der Waals surface area contributed by atoms with E-state index in [1.807, 2.05) is 13.8 Å². The highest BCUT2D eigenvalue weighted by Crippen LogP contribution is 2.52. The van der Waals surface area contributed by atoms with Gasteiger partial charge in [-0.15, -0.1) is 0 Å². The number of alkyl halides is 3. The molecule has 3 saturated heterocycles. The van der Waals surface area contributed by atoms with E-state index in [0.717, 1.165) is 12.8 Å². The van der Waals surface area contributed by atoms with Crippen LogP contribution in [0.3, 0.4) is 0 Å². The Morgan fingerprint density at radius 3 is 2.33 bits per heavy atom. The molecule has 0 aromatic rings. The number of esters is 4. The van der Waals surface area contributed by atoms with E-state index < -0.39 is 113 Å². The number of ether oxygens (including phenoxy) is 5. The third-order valence-corrected chi connectivity index (χ3v) is 9.07. The number of fused-ring (bicyclic) bond motifs is 1. The SMILES string of the molecule is CC(C)C1(OC(=O)C2C3OC4C(OC(=O)C42)C3OC(=O)CCC(=O)OCCC(F)C(F)(F)S(=O)(=O)O)CCCC1. The lowest BCUT2D eigenvalue weighted by molar-refractivity contribution is -0.177. The predicted octanol–water partition coefficient (Wildman–Crippen LogP) is 1.88. The molecule has 0 aromatic heterocycles. The molecule has 4 fully saturated rings. The Balaban J connectivity index is 1.29. The van der Waals surface area contributed by atoms with Crippen LogP contribution in [0.5, 0.6) is 0 Å². The van der Waals surface area contributed by atoms with Gasteiger partial charge < -0.3 is 23.7 Å². The first-order valence-corrected chi connectivity index (χ1v) is 14.5. The summed E-state index contributed by atoms with van der Waals surface area (Å²) in [6.07, 6.45) is -6.36. The Morgan fingerprint density at radius 1 is 1.10 bits per heavy atom. The molecule has 7 atom stereocenters. The Bertz CT molecular complexity index is 1140. The lowest BCUT2D eigenvalue weighted by Crippen LogP contribution is -2.50. The van der Waals surface area contributed by atoms with Crippen LogP contribution in [-0.2, 0) is 53.0 Å². The molecular formula is C24H31F3O12S. The zero-order chi connectivity index (χ0) is 29.6. The van der Waals surface area contributed by atoms with Crippen LogP contribution in [0.1, 0.15) is 58.8 Å². The van der Waals surface area contributed by atoms with Crippen LogP contribution in [0.15, 0.2) is 0 Å². The van der Waals surface area contributed by atoms with Crippen molar-refractivity contribution < 1.29 is 69.0 Å². The molecule has 40 heavy (non-hydrogen) atoms. The quantitative estimate of drug-likeness (QED) is 0.196. The van der Waals surface area contributed by atoms with Gasteiger partial charge in [-0.1, -0.05) is 13.8 Å². The molecule has 16 heteroatoms. The highest BCUT2D eigenvalue weighted by molar-refractivity contribution is 7.86. The maximum atomic E-state index is 13.5. The Hall–Kier alpha value is -2.46. The second-order valence-corrected chi connectivity index (χ2v) is 12.3. The molecule has 7 unspecified atom stereocenters. The first-order valence-electron chi connectivity index (χ1n) is 13.0. The number of carbonyl (C=O) groups is 4. The highest BCUT2D eigenvalue weighted by atomic mass is 32.2. The van der Waals surface area contributed by atoms with Crippen molar-refractivity contribution in [2.45, 2.75) is 100 Å². The average molecular weight is 601 g/mol. The summed E-state index contributed by atoms with van der Waals surface area (Å²) in [4.78, 5) is 50.1. The van der Waals surface area contributed by atoms with Gasteiger partial charge in [0, 0.05) is 6.42 Å². The zero-order valence-corrected chi connectivity index (χ0v) is 22.6. The van der Waals surface area contributed by atoms with Gasteiger partial charge in [0.15, 0.2) is 18.4 Å². The Labute approximate surface area is 227 Å². The molecular weight excluding hydrogens is 569 g/mol. The minimum Gasteiger partial charge on any atom is -0.466 e. The molecule has 3 heterocycles. The van der Waals surface area contributed by atoms with E-state index >= 15 is 0 Å². The second kappa shape index (κ2) is 11.1. The summed E-state index contributed by atoms with van der Waals surface area (Å²) in [6, 6.07) is 0. The summed E-state index contributed by atoms with van der Waals surface area (Å²) in [5, 5.41) is -5.08. The average Bonchev–Trinajstić information content (AvgIpc) is 3.60. The molecule has 1 saturated carbocycles. The monoisotopic (exact) mass is 600 g/mol. The van der Waals surface area contributed by atoms with Gasteiger partial charge >= 0.3 is 39.2 Å². The minimum atomic E-state index is -6.00. The van der Waals surface area contributed by atoms with Gasteiger partial charge in [-0.3, -0.25) is 23.7 Å². The van der Waals surface area contributed by atoms with Crippen molar-refractivity contribution in [3.8, 4) is 0 Å². The molecule has 12 nitrogen and oxygen atoms in total. The van der Waals surface area contributed by atoms with Gasteiger partial charge in [0.1, 0.15) is 29.6 Å². The van der Waals surface area contributed by atoms with Crippen molar-refractivity contribution >= 4 is 34.0 Å². The largest absolute Gasteiger partial charge is 0.466 e. The van der Waals surface area contributed by atoms with Crippen LogP contribution < -0.4 is 0 Å². The van der Waals surface area contributed by atoms with Crippen molar-refractivity contribution in [3.63, 3.8) is 0 Å². The lowest BCUT2D eigenvalue weighted by Gasteiger charge is -2.36. The fourth-order valence-corrected chi connectivity index (χ4v) is 6.31. The smallest absolute Gasteiger partial charge is 0.400 e. The molecule has 2 bridgehead atoms. The van der Waals surface area contributed by atoms with Crippen molar-refractivity contribution in [2.75, 3.05) is 6.61 Å². The zero-order valence-electron chi connectivity index (χ0n) is 21.8. The number of carbonyl (C=O) groups excluding carboxylic acids is 4. The fraction of sp³-hybridized carbons (Fsp3) is 0.833. The van der Waals surface area contributed by atoms with E-state index in [2.05, 4.69) is 4.74 Å². The summed E-state index contributed by atoms with van der Waals surface area (Å²) in [7, 11) is -6.00. The van der Waals surface area contributed by atoms with E-state index in [-0.39, 0.29) is 5.92 Å². The van der Waals surface area contributed by atoms with Gasteiger partial charge in [0.25, 0.3) is 0 Å². The maximum Gasteiger partial charge on any atom is 0.400 e. The molecule has 0 aromatic carbocycles. The molecule has 0 spiro atoms. The highest BCUT2D eigenvalue weighted by Gasteiger charge is 2.72. The molecule has 0 amide bonds. The first-order chi connectivity index (χ1) is 18.6. The molecule has 1 aliphatic carbocycles. The third kappa shape index (κ3) is 5.53. The Morgan fingerprint density at radius 2 is 1.73 bits per heavy atom. The summed E-state index contributed by atoms with van der Waals surface area (Å²) < 4.78 is 96.4. The summed E-state index contributed by atoms with van der Waals surface area (Å²) in [5.74, 6) is -5.17. The predicted molar refractivity (Wildman–Crippen MR) is 124 cm³/mol. The molecule has 4 aliphatic rings. The third-order valence-electron chi connectivity index (χ3n) is 8.13. The minimum absolute atomic E-state index is 0.0464. The standard InChI is InChI=1S/C24H31F3O12S/c1-11(2)23(8-3-4-9-23)39-22(31)16-15-17-20(38-21(15)30)19(18(16)37-17)36-14(29)6-5-13(28)35-10-7-12(25)24(26,27)40(32,33)34/h11-12,15-20H,3-10H2,1-2H3,(H,32,33,34). The van der Waals surface area contributed by atoms with Crippen LogP contribution in [0.4, 0.5) is 13.2 Å². The van der Waals surface area contributed by atoms with Crippen molar-refractivity contribution in [1.82, 2.24) is 0 Å². The number of hydrogen-bond donors (Lipinski definition) is 1. The molecule has 4 rings (SSSR count). The molecule has 0 radical (unpaired) electrons. The number of hydrogen-bond acceptors (Lipinski definition) is 11. The van der Waals surface area contributed by atoms with Crippen LogP contribution in [0, 0.1) is 17.8 Å². The van der Waals surface area contributed by atoms with Crippen molar-refractivity contribution in [3.05, 3.63) is 0 Å². The van der Waals surface area contributed by atoms with E-state index in [1.165, 1.54) is 0 Å². The van der Waals surface area contributed by atoms with Crippen LogP contribution in [0.2, 0.25) is 0 Å². The Kier molecular flexibility index (Phi) is 8.45. The number of rotatable bonds is 12. The summed E-state index contributed by atoms with van der Waals surface area (Å²) in [5.41, 5.74) is -0.655. The van der Waals surface area contributed by atoms with Crippen molar-refractivity contribution in [2.24, 2.45) is 17.8 Å². The molecule has 1 N–H and O–H groups in total. The van der Waals surface area contributed by atoms with E-state index in [0.29, 0.717) is 12.8 Å². The summed E-state index contributed by atoms with van der Waals surface area (Å²) in [6.45, 7) is 2.97. The summed E-state index contributed by atoms with van der Waals surface area (Å²) >= 11 is 0. The van der Waals surface area contributed by atoms with Crippen LogP contribution in [0.25, 0.3) is 0 Å². The van der Waals surface area contributed by atoms with Gasteiger partial charge in [0.05, 0.1) is 19.4 Å². The van der Waals surface area contributed by atoms with Gasteiger partial charge in [-0.2, -0.15) is 17.2 Å².